The Morgan fingerprint density at radius 1 is 1.18 bits per heavy atom. The zero-order chi connectivity index (χ0) is 11.8. The van der Waals surface area contributed by atoms with Crippen molar-refractivity contribution in [2.75, 3.05) is 13.1 Å². The van der Waals surface area contributed by atoms with Crippen LogP contribution in [0.1, 0.15) is 11.1 Å². The van der Waals surface area contributed by atoms with Crippen molar-refractivity contribution in [3.05, 3.63) is 23.3 Å². The second-order valence-electron chi connectivity index (χ2n) is 3.88. The summed E-state index contributed by atoms with van der Waals surface area (Å²) in [4.78, 5) is -0.187. The minimum Gasteiger partial charge on any atom is -0.507 e. The van der Waals surface area contributed by atoms with Crippen LogP contribution in [-0.2, 0) is 22.9 Å². The maximum atomic E-state index is 11.2. The quantitative estimate of drug-likeness (QED) is 0.693. The van der Waals surface area contributed by atoms with Crippen molar-refractivity contribution < 1.29 is 13.5 Å². The van der Waals surface area contributed by atoms with Crippen LogP contribution in [0.2, 0.25) is 0 Å². The number of aromatic hydroxyl groups is 1. The first kappa shape index (κ1) is 14.4. The van der Waals surface area contributed by atoms with E-state index >= 15 is 0 Å². The monoisotopic (exact) mass is 322 g/mol. The maximum Gasteiger partial charge on any atom is 0.241 e. The molecule has 1 aliphatic heterocycles. The summed E-state index contributed by atoms with van der Waals surface area (Å²) in [6.07, 6.45) is 1.53. The molecule has 7 heteroatoms. The van der Waals surface area contributed by atoms with Gasteiger partial charge in [-0.2, -0.15) is 0 Å². The van der Waals surface area contributed by atoms with Gasteiger partial charge in [0.2, 0.25) is 10.0 Å². The molecular weight excluding hydrogens is 308 g/mol. The molecule has 0 fully saturated rings. The number of hydrogen-bond donors (Lipinski definition) is 3. The number of phenols is 1. The van der Waals surface area contributed by atoms with Crippen molar-refractivity contribution in [3.63, 3.8) is 0 Å². The fraction of sp³-hybridized carbons (Fsp3) is 0.400. The molecule has 0 saturated carbocycles. The zero-order valence-electron chi connectivity index (χ0n) is 9.14. The Kier molecular flexibility index (Phi) is 4.54. The lowest BCUT2D eigenvalue weighted by molar-refractivity contribution is 0.457. The fourth-order valence-corrected chi connectivity index (χ4v) is 2.58. The molecular formula is C10H15BrN2O3S. The van der Waals surface area contributed by atoms with Crippen LogP contribution in [0.4, 0.5) is 0 Å². The van der Waals surface area contributed by atoms with Gasteiger partial charge in [-0.05, 0) is 49.2 Å². The molecule has 0 saturated heterocycles. The molecule has 0 unspecified atom stereocenters. The second-order valence-corrected chi connectivity index (χ2v) is 5.41. The van der Waals surface area contributed by atoms with E-state index in [0.717, 1.165) is 37.1 Å². The molecule has 1 heterocycles. The van der Waals surface area contributed by atoms with Crippen LogP contribution in [-0.4, -0.2) is 26.6 Å². The Bertz CT molecular complexity index is 517. The van der Waals surface area contributed by atoms with Gasteiger partial charge in [0.05, 0.1) is 0 Å². The molecule has 0 aromatic heterocycles. The predicted molar refractivity (Wildman–Crippen MR) is 70.1 cm³/mol. The average molecular weight is 323 g/mol. The first-order valence-electron chi connectivity index (χ1n) is 5.07. The first-order chi connectivity index (χ1) is 7.48. The van der Waals surface area contributed by atoms with Gasteiger partial charge in [0.1, 0.15) is 10.6 Å². The topological polar surface area (TPSA) is 92.4 Å². The van der Waals surface area contributed by atoms with Crippen molar-refractivity contribution >= 4 is 27.0 Å². The van der Waals surface area contributed by atoms with Gasteiger partial charge < -0.3 is 10.4 Å². The minimum absolute atomic E-state index is 0. The van der Waals surface area contributed by atoms with Crippen LogP contribution < -0.4 is 10.5 Å². The highest BCUT2D eigenvalue weighted by Crippen LogP contribution is 2.27. The SMILES string of the molecule is Br.NS(=O)(=O)c1cc2c(cc1O)CCNCC2. The van der Waals surface area contributed by atoms with Crippen molar-refractivity contribution in [1.82, 2.24) is 5.32 Å². The number of benzene rings is 1. The highest BCUT2D eigenvalue weighted by molar-refractivity contribution is 8.93. The number of hydrogen-bond acceptors (Lipinski definition) is 4. The van der Waals surface area contributed by atoms with Crippen molar-refractivity contribution in [2.24, 2.45) is 5.14 Å². The van der Waals surface area contributed by atoms with Gasteiger partial charge in [0.15, 0.2) is 0 Å². The zero-order valence-corrected chi connectivity index (χ0v) is 11.7. The molecule has 0 amide bonds. The first-order valence-corrected chi connectivity index (χ1v) is 6.61. The number of primary sulfonamides is 1. The summed E-state index contributed by atoms with van der Waals surface area (Å²) in [5.74, 6) is -0.261. The molecule has 0 bridgehead atoms. The van der Waals surface area contributed by atoms with E-state index in [4.69, 9.17) is 5.14 Å². The number of nitrogens with one attached hydrogen (secondary N) is 1. The van der Waals surface area contributed by atoms with Crippen molar-refractivity contribution in [1.29, 1.82) is 0 Å². The number of phenolic OH excluding ortho intramolecular Hbond substituents is 1. The van der Waals surface area contributed by atoms with Gasteiger partial charge in [0.25, 0.3) is 0 Å². The van der Waals surface area contributed by atoms with Crippen LogP contribution in [0.5, 0.6) is 5.75 Å². The smallest absolute Gasteiger partial charge is 0.241 e. The standard InChI is InChI=1S/C10H14N2O3S.BrH/c11-16(14,15)10-6-8-2-4-12-3-1-7(8)5-9(10)13;/h5-6,12-13H,1-4H2,(H2,11,14,15);1H. The third kappa shape index (κ3) is 3.19. The van der Waals surface area contributed by atoms with E-state index in [9.17, 15) is 13.5 Å². The molecule has 0 radical (unpaired) electrons. The normalized spacial score (nSPS) is 15.6. The number of sulfonamides is 1. The van der Waals surface area contributed by atoms with E-state index in [-0.39, 0.29) is 27.6 Å². The summed E-state index contributed by atoms with van der Waals surface area (Å²) in [5, 5.41) is 17.9. The van der Waals surface area contributed by atoms with Gasteiger partial charge in [-0.3, -0.25) is 0 Å². The Morgan fingerprint density at radius 3 is 2.24 bits per heavy atom. The molecule has 0 atom stereocenters. The molecule has 1 aliphatic rings. The van der Waals surface area contributed by atoms with E-state index in [0.29, 0.717) is 0 Å². The number of halogens is 1. The summed E-state index contributed by atoms with van der Waals surface area (Å²) in [6, 6.07) is 2.98. The molecule has 1 aromatic carbocycles. The van der Waals surface area contributed by atoms with Gasteiger partial charge in [-0.1, -0.05) is 0 Å². The lowest BCUT2D eigenvalue weighted by Crippen LogP contribution is -2.16. The molecule has 17 heavy (non-hydrogen) atoms. The van der Waals surface area contributed by atoms with E-state index in [2.05, 4.69) is 5.32 Å². The Labute approximate surface area is 111 Å². The van der Waals surface area contributed by atoms with Gasteiger partial charge in [-0.25, -0.2) is 13.6 Å². The largest absolute Gasteiger partial charge is 0.507 e. The van der Waals surface area contributed by atoms with E-state index in [1.807, 2.05) is 0 Å². The van der Waals surface area contributed by atoms with Gasteiger partial charge in [-0.15, -0.1) is 17.0 Å². The highest BCUT2D eigenvalue weighted by Gasteiger charge is 2.18. The van der Waals surface area contributed by atoms with E-state index < -0.39 is 10.0 Å². The fourth-order valence-electron chi connectivity index (χ4n) is 1.92. The number of rotatable bonds is 1. The Morgan fingerprint density at radius 2 is 1.71 bits per heavy atom. The highest BCUT2D eigenvalue weighted by atomic mass is 79.9. The summed E-state index contributed by atoms with van der Waals surface area (Å²) in [7, 11) is -3.85. The number of nitrogens with two attached hydrogens (primary N) is 1. The summed E-state index contributed by atoms with van der Waals surface area (Å²) in [6.45, 7) is 1.64. The maximum absolute atomic E-state index is 11.2. The van der Waals surface area contributed by atoms with Gasteiger partial charge in [0, 0.05) is 0 Å². The van der Waals surface area contributed by atoms with Crippen molar-refractivity contribution in [3.8, 4) is 5.75 Å². The molecule has 0 spiro atoms. The van der Waals surface area contributed by atoms with Crippen LogP contribution in [0.15, 0.2) is 17.0 Å². The third-order valence-electron chi connectivity index (χ3n) is 2.73. The molecule has 4 N–H and O–H groups in total. The van der Waals surface area contributed by atoms with Crippen LogP contribution >= 0.6 is 17.0 Å². The molecule has 5 nitrogen and oxygen atoms in total. The molecule has 2 rings (SSSR count). The molecule has 96 valence electrons. The third-order valence-corrected chi connectivity index (χ3v) is 3.67. The lowest BCUT2D eigenvalue weighted by Gasteiger charge is -2.09. The Hall–Kier alpha value is -0.630. The van der Waals surface area contributed by atoms with Crippen molar-refractivity contribution in [2.45, 2.75) is 17.7 Å². The van der Waals surface area contributed by atoms with Crippen LogP contribution in [0.25, 0.3) is 0 Å². The summed E-state index contributed by atoms with van der Waals surface area (Å²) < 4.78 is 22.5. The minimum atomic E-state index is -3.85. The molecule has 1 aromatic rings. The second kappa shape index (κ2) is 5.34. The van der Waals surface area contributed by atoms with Gasteiger partial charge >= 0.3 is 0 Å². The summed E-state index contributed by atoms with van der Waals surface area (Å²) >= 11 is 0. The molecule has 0 aliphatic carbocycles. The summed E-state index contributed by atoms with van der Waals surface area (Å²) in [5.41, 5.74) is 1.92. The van der Waals surface area contributed by atoms with E-state index in [1.165, 1.54) is 12.1 Å². The Balaban J connectivity index is 0.00000144. The number of fused-ring (bicyclic) bond motifs is 1. The predicted octanol–water partition coefficient (Wildman–Crippen LogP) is 0.306. The lowest BCUT2D eigenvalue weighted by atomic mass is 10.0. The average Bonchev–Trinajstić information content (AvgIpc) is 2.39. The van der Waals surface area contributed by atoms with Crippen LogP contribution in [0.3, 0.4) is 0 Å². The van der Waals surface area contributed by atoms with E-state index in [1.54, 1.807) is 0 Å². The van der Waals surface area contributed by atoms with Crippen LogP contribution in [0, 0.1) is 0 Å².